The molecule has 3 nitrogen and oxygen atoms in total. The van der Waals surface area contributed by atoms with E-state index >= 15 is 0 Å². The van der Waals surface area contributed by atoms with Crippen molar-refractivity contribution < 1.29 is 12.6 Å². The molecule has 0 N–H and O–H groups in total. The number of hydrogen-bond donors (Lipinski definition) is 0. The lowest BCUT2D eigenvalue weighted by Gasteiger charge is -2.07. The van der Waals surface area contributed by atoms with Gasteiger partial charge in [-0.3, -0.25) is 0 Å². The Morgan fingerprint density at radius 2 is 2.14 bits per heavy atom. The highest BCUT2D eigenvalue weighted by Gasteiger charge is 2.09. The van der Waals surface area contributed by atoms with Gasteiger partial charge in [0.25, 0.3) is 0 Å². The van der Waals surface area contributed by atoms with Crippen LogP contribution in [0, 0.1) is 3.57 Å². The summed E-state index contributed by atoms with van der Waals surface area (Å²) in [6.45, 7) is 3.60. The average Bonchev–Trinajstić information content (AvgIpc) is 2.01. The minimum Gasteiger partial charge on any atom is -0.382 e. The van der Waals surface area contributed by atoms with Crippen molar-refractivity contribution in [2.24, 2.45) is 0 Å². The molecule has 0 atom stereocenters. The first-order valence-corrected chi connectivity index (χ1v) is 6.64. The molecule has 0 bridgehead atoms. The smallest absolute Gasteiger partial charge is 0.306 e. The van der Waals surface area contributed by atoms with Crippen LogP contribution in [0.4, 0.5) is 0 Å². The third-order valence-electron chi connectivity index (χ3n) is 1.46. The Bertz CT molecular complexity index is 451. The zero-order chi connectivity index (χ0) is 10.8. The van der Waals surface area contributed by atoms with E-state index in [1.807, 2.05) is 6.07 Å². The molecular formula is C9H9IO3S. The van der Waals surface area contributed by atoms with Crippen molar-refractivity contribution in [3.8, 4) is 5.75 Å². The lowest BCUT2D eigenvalue weighted by atomic mass is 10.2. The van der Waals surface area contributed by atoms with Gasteiger partial charge in [0, 0.05) is 9.13 Å². The normalized spacial score (nSPS) is 11.0. The van der Waals surface area contributed by atoms with E-state index in [1.165, 1.54) is 0 Å². The van der Waals surface area contributed by atoms with Crippen molar-refractivity contribution in [3.63, 3.8) is 0 Å². The fourth-order valence-electron chi connectivity index (χ4n) is 0.951. The maximum absolute atomic E-state index is 10.9. The number of halogens is 1. The highest BCUT2D eigenvalue weighted by molar-refractivity contribution is 14.1. The average molecular weight is 324 g/mol. The molecule has 0 amide bonds. The van der Waals surface area contributed by atoms with E-state index in [4.69, 9.17) is 4.18 Å². The molecule has 5 heteroatoms. The third-order valence-corrected chi connectivity index (χ3v) is 2.88. The molecule has 0 spiro atoms. The number of hydrogen-bond acceptors (Lipinski definition) is 3. The largest absolute Gasteiger partial charge is 0.382 e. The molecule has 0 unspecified atom stereocenters. The summed E-state index contributed by atoms with van der Waals surface area (Å²) in [5.74, 6) is 0.314. The number of benzene rings is 1. The van der Waals surface area contributed by atoms with Crippen molar-refractivity contribution in [2.45, 2.75) is 0 Å². The van der Waals surface area contributed by atoms with Gasteiger partial charge in [-0.1, -0.05) is 18.7 Å². The van der Waals surface area contributed by atoms with E-state index < -0.39 is 10.1 Å². The maximum Gasteiger partial charge on any atom is 0.306 e. The lowest BCUT2D eigenvalue weighted by molar-refractivity contribution is 0.492. The van der Waals surface area contributed by atoms with Crippen LogP contribution in [0.2, 0.25) is 0 Å². The van der Waals surface area contributed by atoms with Crippen molar-refractivity contribution in [1.29, 1.82) is 0 Å². The van der Waals surface area contributed by atoms with Gasteiger partial charge in [-0.15, -0.1) is 0 Å². The fraction of sp³-hybridized carbons (Fsp3) is 0.111. The van der Waals surface area contributed by atoms with Gasteiger partial charge in [0.15, 0.2) is 5.75 Å². The van der Waals surface area contributed by atoms with Crippen LogP contribution >= 0.6 is 22.6 Å². The molecule has 76 valence electrons. The Balaban J connectivity index is 3.21. The van der Waals surface area contributed by atoms with Gasteiger partial charge >= 0.3 is 10.1 Å². The second kappa shape index (κ2) is 4.31. The van der Waals surface area contributed by atoms with Gasteiger partial charge in [-0.2, -0.15) is 8.42 Å². The SMILES string of the molecule is C=Cc1c(I)cccc1OS(C)(=O)=O. The molecule has 1 aromatic rings. The van der Waals surface area contributed by atoms with E-state index in [0.29, 0.717) is 11.3 Å². The van der Waals surface area contributed by atoms with Crippen LogP contribution in [0.1, 0.15) is 5.56 Å². The summed E-state index contributed by atoms with van der Waals surface area (Å²) in [7, 11) is -3.48. The van der Waals surface area contributed by atoms with E-state index in [1.54, 1.807) is 18.2 Å². The molecule has 0 saturated carbocycles. The third kappa shape index (κ3) is 2.98. The van der Waals surface area contributed by atoms with Crippen LogP contribution in [0.25, 0.3) is 6.08 Å². The first kappa shape index (κ1) is 11.5. The molecule has 0 saturated heterocycles. The molecule has 0 heterocycles. The highest BCUT2D eigenvalue weighted by Crippen LogP contribution is 2.25. The van der Waals surface area contributed by atoms with Gasteiger partial charge in [-0.25, -0.2) is 0 Å². The number of rotatable bonds is 3. The minimum absolute atomic E-state index is 0.314. The van der Waals surface area contributed by atoms with Gasteiger partial charge in [-0.05, 0) is 34.7 Å². The van der Waals surface area contributed by atoms with Gasteiger partial charge < -0.3 is 4.18 Å². The Hall–Kier alpha value is -0.560. The highest BCUT2D eigenvalue weighted by atomic mass is 127. The monoisotopic (exact) mass is 324 g/mol. The second-order valence-electron chi connectivity index (χ2n) is 2.64. The van der Waals surface area contributed by atoms with Crippen LogP contribution in [-0.4, -0.2) is 14.7 Å². The fourth-order valence-corrected chi connectivity index (χ4v) is 2.12. The van der Waals surface area contributed by atoms with Crippen LogP contribution in [0.5, 0.6) is 5.75 Å². The van der Waals surface area contributed by atoms with Gasteiger partial charge in [0.2, 0.25) is 0 Å². The molecule has 0 fully saturated rings. The summed E-state index contributed by atoms with van der Waals surface area (Å²) in [5, 5.41) is 0. The van der Waals surface area contributed by atoms with E-state index in [2.05, 4.69) is 29.2 Å². The second-order valence-corrected chi connectivity index (χ2v) is 5.38. The predicted molar refractivity (Wildman–Crippen MR) is 64.7 cm³/mol. The first-order chi connectivity index (χ1) is 6.44. The molecule has 1 rings (SSSR count). The van der Waals surface area contributed by atoms with Crippen LogP contribution in [-0.2, 0) is 10.1 Å². The Kier molecular flexibility index (Phi) is 3.54. The van der Waals surface area contributed by atoms with Gasteiger partial charge in [0.05, 0.1) is 6.26 Å². The quantitative estimate of drug-likeness (QED) is 0.633. The summed E-state index contributed by atoms with van der Waals surface area (Å²) >= 11 is 2.09. The summed E-state index contributed by atoms with van der Waals surface area (Å²) < 4.78 is 27.5. The standard InChI is InChI=1S/C9H9IO3S/c1-3-7-8(10)5-4-6-9(7)13-14(2,11)12/h3-6H,1H2,2H3. The summed E-state index contributed by atoms with van der Waals surface area (Å²) in [5.41, 5.74) is 0.693. The molecular weight excluding hydrogens is 315 g/mol. The topological polar surface area (TPSA) is 43.4 Å². The van der Waals surface area contributed by atoms with E-state index in [9.17, 15) is 8.42 Å². The minimum atomic E-state index is -3.48. The molecule has 0 aromatic heterocycles. The van der Waals surface area contributed by atoms with Crippen LogP contribution in [0.15, 0.2) is 24.8 Å². The van der Waals surface area contributed by atoms with Crippen molar-refractivity contribution >= 4 is 38.8 Å². The van der Waals surface area contributed by atoms with Crippen molar-refractivity contribution in [2.75, 3.05) is 6.26 Å². The summed E-state index contributed by atoms with van der Waals surface area (Å²) in [6, 6.07) is 5.18. The molecule has 14 heavy (non-hydrogen) atoms. The lowest BCUT2D eigenvalue weighted by Crippen LogP contribution is -2.07. The van der Waals surface area contributed by atoms with Gasteiger partial charge in [0.1, 0.15) is 0 Å². The van der Waals surface area contributed by atoms with Crippen LogP contribution < -0.4 is 4.18 Å². The van der Waals surface area contributed by atoms with Crippen molar-refractivity contribution in [1.82, 2.24) is 0 Å². The first-order valence-electron chi connectivity index (χ1n) is 3.74. The summed E-state index contributed by atoms with van der Waals surface area (Å²) in [4.78, 5) is 0. The van der Waals surface area contributed by atoms with E-state index in [0.717, 1.165) is 9.83 Å². The maximum atomic E-state index is 10.9. The Labute approximate surface area is 97.0 Å². The van der Waals surface area contributed by atoms with Crippen LogP contribution in [0.3, 0.4) is 0 Å². The molecule has 0 radical (unpaired) electrons. The predicted octanol–water partition coefficient (Wildman–Crippen LogP) is 2.27. The molecule has 0 aliphatic carbocycles. The molecule has 0 aliphatic rings. The Morgan fingerprint density at radius 1 is 1.50 bits per heavy atom. The Morgan fingerprint density at radius 3 is 2.64 bits per heavy atom. The van der Waals surface area contributed by atoms with Crippen molar-refractivity contribution in [3.05, 3.63) is 33.9 Å². The zero-order valence-electron chi connectivity index (χ0n) is 7.53. The van der Waals surface area contributed by atoms with E-state index in [-0.39, 0.29) is 0 Å². The summed E-state index contributed by atoms with van der Waals surface area (Å²) in [6.07, 6.45) is 2.59. The molecule has 0 aliphatic heterocycles. The molecule has 1 aromatic carbocycles. The zero-order valence-corrected chi connectivity index (χ0v) is 10.5.